The molecule has 2 fully saturated rings. The van der Waals surface area contributed by atoms with Crippen molar-refractivity contribution in [2.24, 2.45) is 0 Å². The highest BCUT2D eigenvalue weighted by Gasteiger charge is 2.28. The van der Waals surface area contributed by atoms with Crippen molar-refractivity contribution in [1.82, 2.24) is 15.1 Å². The van der Waals surface area contributed by atoms with Gasteiger partial charge in [-0.15, -0.1) is 12.4 Å². The van der Waals surface area contributed by atoms with E-state index in [2.05, 4.69) is 15.1 Å². The number of piperazine rings is 1. The third-order valence-electron chi connectivity index (χ3n) is 5.10. The van der Waals surface area contributed by atoms with Gasteiger partial charge in [0.15, 0.2) is 0 Å². The van der Waals surface area contributed by atoms with E-state index in [1.165, 1.54) is 12.5 Å². The number of nitrogens with zero attached hydrogens (tertiary/aromatic N) is 2. The monoisotopic (exact) mass is 365 g/mol. The minimum absolute atomic E-state index is 0. The maximum atomic E-state index is 13.9. The van der Waals surface area contributed by atoms with Crippen LogP contribution in [0.1, 0.15) is 12.2 Å². The van der Waals surface area contributed by atoms with Gasteiger partial charge >= 0.3 is 0 Å². The number of furan rings is 1. The Hall–Kier alpha value is -1.40. The Bertz CT molecular complexity index is 687. The lowest BCUT2D eigenvalue weighted by Crippen LogP contribution is -2.49. The number of likely N-dealkylation sites (tertiary alicyclic amines) is 1. The summed E-state index contributed by atoms with van der Waals surface area (Å²) in [6, 6.07) is 11.3. The summed E-state index contributed by atoms with van der Waals surface area (Å²) in [5, 5.41) is 3.41. The molecule has 2 aromatic rings. The molecule has 0 saturated carbocycles. The summed E-state index contributed by atoms with van der Waals surface area (Å²) < 4.78 is 19.8. The largest absolute Gasteiger partial charge is 0.460 e. The van der Waals surface area contributed by atoms with Gasteiger partial charge in [0.2, 0.25) is 0 Å². The Balaban J connectivity index is 0.00000182. The first-order valence-electron chi connectivity index (χ1n) is 8.80. The Morgan fingerprint density at radius 3 is 2.68 bits per heavy atom. The van der Waals surface area contributed by atoms with Crippen molar-refractivity contribution in [3.05, 3.63) is 48.0 Å². The molecular formula is C19H25ClFN3O. The molecule has 0 spiro atoms. The summed E-state index contributed by atoms with van der Waals surface area (Å²) in [5.41, 5.74) is 0.531. The lowest BCUT2D eigenvalue weighted by atomic mass is 10.1. The van der Waals surface area contributed by atoms with Crippen molar-refractivity contribution in [2.45, 2.75) is 19.0 Å². The molecule has 0 aliphatic carbocycles. The maximum Gasteiger partial charge on any atom is 0.137 e. The van der Waals surface area contributed by atoms with Crippen LogP contribution in [0.15, 0.2) is 40.8 Å². The highest BCUT2D eigenvalue weighted by Crippen LogP contribution is 2.26. The van der Waals surface area contributed by atoms with Crippen molar-refractivity contribution in [2.75, 3.05) is 39.3 Å². The van der Waals surface area contributed by atoms with Crippen LogP contribution in [-0.2, 0) is 6.54 Å². The first-order valence-corrected chi connectivity index (χ1v) is 8.80. The van der Waals surface area contributed by atoms with Crippen molar-refractivity contribution in [3.63, 3.8) is 0 Å². The van der Waals surface area contributed by atoms with Crippen LogP contribution in [0.3, 0.4) is 0 Å². The molecule has 0 amide bonds. The van der Waals surface area contributed by atoms with E-state index in [0.717, 1.165) is 51.6 Å². The molecule has 1 N–H and O–H groups in total. The van der Waals surface area contributed by atoms with Gasteiger partial charge in [0.05, 0.1) is 12.1 Å². The molecule has 1 unspecified atom stereocenters. The Morgan fingerprint density at radius 2 is 1.88 bits per heavy atom. The molecule has 0 bridgehead atoms. The average Bonchev–Trinajstić information content (AvgIpc) is 3.26. The third-order valence-corrected chi connectivity index (χ3v) is 5.10. The van der Waals surface area contributed by atoms with Crippen LogP contribution >= 0.6 is 12.4 Å². The molecule has 25 heavy (non-hydrogen) atoms. The van der Waals surface area contributed by atoms with Gasteiger partial charge in [-0.3, -0.25) is 9.80 Å². The zero-order valence-electron chi connectivity index (χ0n) is 14.3. The van der Waals surface area contributed by atoms with Gasteiger partial charge < -0.3 is 9.73 Å². The van der Waals surface area contributed by atoms with E-state index in [4.69, 9.17) is 4.42 Å². The molecule has 2 saturated heterocycles. The summed E-state index contributed by atoms with van der Waals surface area (Å²) in [6.07, 6.45) is 1.22. The number of nitrogens with one attached hydrogen (secondary N) is 1. The first-order chi connectivity index (χ1) is 11.8. The van der Waals surface area contributed by atoms with Gasteiger partial charge in [-0.1, -0.05) is 12.1 Å². The fraction of sp³-hybridized carbons (Fsp3) is 0.474. The number of hydrogen-bond donors (Lipinski definition) is 1. The fourth-order valence-electron chi connectivity index (χ4n) is 3.79. The molecule has 1 aromatic carbocycles. The molecule has 0 radical (unpaired) electrons. The summed E-state index contributed by atoms with van der Waals surface area (Å²) in [4.78, 5) is 5.04. The second kappa shape index (κ2) is 8.32. The zero-order valence-corrected chi connectivity index (χ0v) is 15.1. The highest BCUT2D eigenvalue weighted by atomic mass is 35.5. The smallest absolute Gasteiger partial charge is 0.137 e. The van der Waals surface area contributed by atoms with Crippen molar-refractivity contribution in [1.29, 1.82) is 0 Å². The van der Waals surface area contributed by atoms with Crippen LogP contribution in [-0.4, -0.2) is 55.1 Å². The molecule has 2 aliphatic rings. The molecule has 1 aromatic heterocycles. The number of halogens is 2. The van der Waals surface area contributed by atoms with Crippen LogP contribution in [0.2, 0.25) is 0 Å². The SMILES string of the molecule is Cl.Fc1ccccc1-c1ccc(CN2CCC(N3CCNCC3)C2)o1. The van der Waals surface area contributed by atoms with E-state index in [-0.39, 0.29) is 18.2 Å². The van der Waals surface area contributed by atoms with Crippen molar-refractivity contribution >= 4 is 12.4 Å². The standard InChI is InChI=1S/C19H24FN3O.ClH/c20-18-4-2-1-3-17(18)19-6-5-16(24-19)14-22-10-7-15(13-22)23-11-8-21-9-12-23;/h1-6,15,21H,7-14H2;1H. The lowest BCUT2D eigenvalue weighted by molar-refractivity contribution is 0.168. The third kappa shape index (κ3) is 4.23. The first kappa shape index (κ1) is 18.4. The Morgan fingerprint density at radius 1 is 1.08 bits per heavy atom. The van der Waals surface area contributed by atoms with Gasteiger partial charge in [0, 0.05) is 45.3 Å². The van der Waals surface area contributed by atoms with Gasteiger partial charge in [-0.05, 0) is 30.7 Å². The lowest BCUT2D eigenvalue weighted by Gasteiger charge is -2.32. The normalized spacial score (nSPS) is 22.0. The highest BCUT2D eigenvalue weighted by molar-refractivity contribution is 5.85. The van der Waals surface area contributed by atoms with Gasteiger partial charge in [0.25, 0.3) is 0 Å². The summed E-state index contributed by atoms with van der Waals surface area (Å²) in [5.74, 6) is 1.29. The predicted octanol–water partition coefficient (Wildman–Crippen LogP) is 2.99. The van der Waals surface area contributed by atoms with Crippen molar-refractivity contribution < 1.29 is 8.81 Å². The summed E-state index contributed by atoms with van der Waals surface area (Å²) >= 11 is 0. The Kier molecular flexibility index (Phi) is 6.12. The van der Waals surface area contributed by atoms with Crippen LogP contribution in [0.25, 0.3) is 11.3 Å². The molecule has 1 atom stereocenters. The quantitative estimate of drug-likeness (QED) is 0.902. The van der Waals surface area contributed by atoms with Gasteiger partial charge in [0.1, 0.15) is 17.3 Å². The fourth-order valence-corrected chi connectivity index (χ4v) is 3.79. The molecular weight excluding hydrogens is 341 g/mol. The van der Waals surface area contributed by atoms with Crippen LogP contribution in [0.5, 0.6) is 0 Å². The van der Waals surface area contributed by atoms with E-state index in [9.17, 15) is 4.39 Å². The topological polar surface area (TPSA) is 31.6 Å². The average molecular weight is 366 g/mol. The molecule has 136 valence electrons. The summed E-state index contributed by atoms with van der Waals surface area (Å²) in [6.45, 7) is 7.49. The van der Waals surface area contributed by atoms with E-state index < -0.39 is 0 Å². The minimum atomic E-state index is -0.238. The summed E-state index contributed by atoms with van der Waals surface area (Å²) in [7, 11) is 0. The Labute approximate surface area is 154 Å². The molecule has 2 aliphatic heterocycles. The molecule has 4 rings (SSSR count). The number of hydrogen-bond acceptors (Lipinski definition) is 4. The van der Waals surface area contributed by atoms with Gasteiger partial charge in [-0.25, -0.2) is 4.39 Å². The van der Waals surface area contributed by atoms with E-state index in [0.29, 0.717) is 17.4 Å². The molecule has 3 heterocycles. The zero-order chi connectivity index (χ0) is 16.4. The number of rotatable bonds is 4. The van der Waals surface area contributed by atoms with E-state index in [1.807, 2.05) is 18.2 Å². The number of benzene rings is 1. The van der Waals surface area contributed by atoms with Gasteiger partial charge in [-0.2, -0.15) is 0 Å². The van der Waals surface area contributed by atoms with Crippen molar-refractivity contribution in [3.8, 4) is 11.3 Å². The second-order valence-electron chi connectivity index (χ2n) is 6.71. The molecule has 6 heteroatoms. The molecule has 4 nitrogen and oxygen atoms in total. The maximum absolute atomic E-state index is 13.9. The van der Waals surface area contributed by atoms with E-state index in [1.54, 1.807) is 12.1 Å². The van der Waals surface area contributed by atoms with E-state index >= 15 is 0 Å². The predicted molar refractivity (Wildman–Crippen MR) is 99.5 cm³/mol. The van der Waals surface area contributed by atoms with Crippen LogP contribution in [0, 0.1) is 5.82 Å². The van der Waals surface area contributed by atoms with Crippen LogP contribution < -0.4 is 5.32 Å². The van der Waals surface area contributed by atoms with Crippen LogP contribution in [0.4, 0.5) is 4.39 Å². The minimum Gasteiger partial charge on any atom is -0.460 e. The second-order valence-corrected chi connectivity index (χ2v) is 6.71.